The number of fused-ring (bicyclic) bond motifs is 2. The molecular formula is C18H12Cl2N2O2. The molecule has 0 aliphatic carbocycles. The molecule has 4 rings (SSSR count). The number of aromatic nitrogens is 2. The Morgan fingerprint density at radius 1 is 0.708 bits per heavy atom. The van der Waals surface area contributed by atoms with E-state index < -0.39 is 0 Å². The SMILES string of the molecule is Oc1c(Cl)ccc2cccnc12.Oc1ccc(Cl)c2cccnc12. The maximum atomic E-state index is 9.46. The molecule has 2 N–H and O–H groups in total. The van der Waals surface area contributed by atoms with Crippen LogP contribution < -0.4 is 0 Å². The number of halogens is 2. The number of benzene rings is 2. The average molecular weight is 359 g/mol. The molecule has 4 aromatic rings. The Bertz CT molecular complexity index is 973. The zero-order chi connectivity index (χ0) is 17.1. The van der Waals surface area contributed by atoms with Gasteiger partial charge in [0.25, 0.3) is 0 Å². The maximum absolute atomic E-state index is 9.46. The van der Waals surface area contributed by atoms with Gasteiger partial charge >= 0.3 is 0 Å². The Morgan fingerprint density at radius 3 is 2.12 bits per heavy atom. The molecule has 0 spiro atoms. The molecule has 0 radical (unpaired) electrons. The topological polar surface area (TPSA) is 66.2 Å². The first-order valence-electron chi connectivity index (χ1n) is 7.02. The average Bonchev–Trinajstić information content (AvgIpc) is 2.62. The molecule has 2 aromatic heterocycles. The summed E-state index contributed by atoms with van der Waals surface area (Å²) in [5.74, 6) is 0.213. The van der Waals surface area contributed by atoms with E-state index in [0.717, 1.165) is 10.8 Å². The van der Waals surface area contributed by atoms with Crippen LogP contribution in [0.2, 0.25) is 10.0 Å². The number of phenolic OH excluding ortho intramolecular Hbond substituents is 2. The van der Waals surface area contributed by atoms with Gasteiger partial charge in [0.1, 0.15) is 16.8 Å². The highest BCUT2D eigenvalue weighted by molar-refractivity contribution is 6.35. The predicted molar refractivity (Wildman–Crippen MR) is 96.8 cm³/mol. The van der Waals surface area contributed by atoms with Crippen LogP contribution in [0.15, 0.2) is 60.9 Å². The van der Waals surface area contributed by atoms with Crippen molar-refractivity contribution in [2.45, 2.75) is 0 Å². The minimum absolute atomic E-state index is 0.0507. The number of hydrogen-bond donors (Lipinski definition) is 2. The van der Waals surface area contributed by atoms with Gasteiger partial charge in [-0.05, 0) is 36.4 Å². The van der Waals surface area contributed by atoms with Gasteiger partial charge in [0.05, 0.1) is 10.0 Å². The van der Waals surface area contributed by atoms with Gasteiger partial charge in [-0.25, -0.2) is 0 Å². The highest BCUT2D eigenvalue weighted by Gasteiger charge is 2.04. The van der Waals surface area contributed by atoms with Crippen molar-refractivity contribution < 1.29 is 10.2 Å². The third-order valence-corrected chi connectivity index (χ3v) is 4.03. The van der Waals surface area contributed by atoms with Crippen LogP contribution in [0.5, 0.6) is 11.5 Å². The van der Waals surface area contributed by atoms with Crippen molar-refractivity contribution in [2.75, 3.05) is 0 Å². The van der Waals surface area contributed by atoms with Gasteiger partial charge in [-0.15, -0.1) is 0 Å². The molecule has 0 aliphatic heterocycles. The number of phenols is 2. The summed E-state index contributed by atoms with van der Waals surface area (Å²) in [5, 5.41) is 21.4. The van der Waals surface area contributed by atoms with Gasteiger partial charge in [-0.2, -0.15) is 0 Å². The molecule has 0 atom stereocenters. The molecule has 2 heterocycles. The fourth-order valence-corrected chi connectivity index (χ4v) is 2.60. The zero-order valence-electron chi connectivity index (χ0n) is 12.3. The summed E-state index contributed by atoms with van der Waals surface area (Å²) in [5.41, 5.74) is 1.09. The quantitative estimate of drug-likeness (QED) is 0.454. The first kappa shape index (κ1) is 16.3. The predicted octanol–water partition coefficient (Wildman–Crippen LogP) is 5.19. The number of pyridine rings is 2. The van der Waals surface area contributed by atoms with E-state index in [1.165, 1.54) is 6.07 Å². The van der Waals surface area contributed by atoms with Crippen LogP contribution >= 0.6 is 23.2 Å². The summed E-state index contributed by atoms with van der Waals surface area (Å²) >= 11 is 11.6. The van der Waals surface area contributed by atoms with E-state index in [1.54, 1.807) is 30.6 Å². The molecule has 0 unspecified atom stereocenters. The lowest BCUT2D eigenvalue weighted by atomic mass is 10.2. The van der Waals surface area contributed by atoms with Crippen molar-refractivity contribution in [3.8, 4) is 11.5 Å². The molecule has 0 amide bonds. The zero-order valence-corrected chi connectivity index (χ0v) is 13.8. The molecule has 0 aliphatic rings. The fraction of sp³-hybridized carbons (Fsp3) is 0. The largest absolute Gasteiger partial charge is 0.506 e. The Hall–Kier alpha value is -2.56. The van der Waals surface area contributed by atoms with E-state index in [4.69, 9.17) is 23.2 Å². The van der Waals surface area contributed by atoms with E-state index in [2.05, 4.69) is 9.97 Å². The van der Waals surface area contributed by atoms with Crippen LogP contribution in [0.4, 0.5) is 0 Å². The van der Waals surface area contributed by atoms with Crippen molar-refractivity contribution in [3.63, 3.8) is 0 Å². The van der Waals surface area contributed by atoms with Crippen LogP contribution in [0.1, 0.15) is 0 Å². The second-order valence-electron chi connectivity index (χ2n) is 4.94. The maximum Gasteiger partial charge on any atom is 0.160 e. The van der Waals surface area contributed by atoms with Crippen molar-refractivity contribution in [3.05, 3.63) is 71.0 Å². The minimum atomic E-state index is 0.0507. The Labute approximate surface area is 147 Å². The summed E-state index contributed by atoms with van der Waals surface area (Å²) in [7, 11) is 0. The third-order valence-electron chi connectivity index (χ3n) is 3.39. The van der Waals surface area contributed by atoms with Crippen molar-refractivity contribution >= 4 is 45.0 Å². The number of hydrogen-bond acceptors (Lipinski definition) is 4. The third kappa shape index (κ3) is 3.20. The Morgan fingerprint density at radius 2 is 1.38 bits per heavy atom. The highest BCUT2D eigenvalue weighted by atomic mass is 35.5. The summed E-state index contributed by atoms with van der Waals surface area (Å²) in [4.78, 5) is 8.01. The number of rotatable bonds is 0. The molecule has 120 valence electrons. The monoisotopic (exact) mass is 358 g/mol. The van der Waals surface area contributed by atoms with Crippen LogP contribution in [0, 0.1) is 0 Å². The van der Waals surface area contributed by atoms with Gasteiger partial charge in [-0.3, -0.25) is 9.97 Å². The molecular weight excluding hydrogens is 347 g/mol. The number of aromatic hydroxyl groups is 2. The van der Waals surface area contributed by atoms with E-state index >= 15 is 0 Å². The minimum Gasteiger partial charge on any atom is -0.506 e. The standard InChI is InChI=1S/2C9H6ClNO/c10-7-3-4-8(12)9-6(7)2-1-5-11-9;10-7-4-3-6-2-1-5-11-8(6)9(7)12/h2*1-5,12H. The number of nitrogens with zero attached hydrogens (tertiary/aromatic N) is 2. The van der Waals surface area contributed by atoms with Gasteiger partial charge in [0, 0.05) is 23.2 Å². The lowest BCUT2D eigenvalue weighted by molar-refractivity contribution is 0.480. The van der Waals surface area contributed by atoms with E-state index in [0.29, 0.717) is 21.1 Å². The second-order valence-corrected chi connectivity index (χ2v) is 5.75. The van der Waals surface area contributed by atoms with Gasteiger partial charge < -0.3 is 10.2 Å². The van der Waals surface area contributed by atoms with Gasteiger partial charge in [0.15, 0.2) is 5.75 Å². The van der Waals surface area contributed by atoms with Crippen molar-refractivity contribution in [2.24, 2.45) is 0 Å². The molecule has 4 nitrogen and oxygen atoms in total. The normalized spacial score (nSPS) is 10.4. The Balaban J connectivity index is 0.000000141. The lowest BCUT2D eigenvalue weighted by Gasteiger charge is -2.00. The van der Waals surface area contributed by atoms with Crippen molar-refractivity contribution in [1.82, 2.24) is 9.97 Å². The van der Waals surface area contributed by atoms with Gasteiger partial charge in [0.2, 0.25) is 0 Å². The molecule has 2 aromatic carbocycles. The molecule has 0 fully saturated rings. The van der Waals surface area contributed by atoms with Gasteiger partial charge in [-0.1, -0.05) is 35.3 Å². The van der Waals surface area contributed by atoms with Crippen molar-refractivity contribution in [1.29, 1.82) is 0 Å². The van der Waals surface area contributed by atoms with E-state index in [1.807, 2.05) is 24.3 Å². The van der Waals surface area contributed by atoms with E-state index in [-0.39, 0.29) is 11.5 Å². The molecule has 0 bridgehead atoms. The fourth-order valence-electron chi connectivity index (χ4n) is 2.23. The lowest BCUT2D eigenvalue weighted by Crippen LogP contribution is -1.78. The summed E-state index contributed by atoms with van der Waals surface area (Å²) < 4.78 is 0. The molecule has 0 saturated carbocycles. The second kappa shape index (κ2) is 6.91. The molecule has 24 heavy (non-hydrogen) atoms. The van der Waals surface area contributed by atoms with Crippen LogP contribution in [-0.2, 0) is 0 Å². The first-order chi connectivity index (χ1) is 11.6. The Kier molecular flexibility index (Phi) is 4.69. The van der Waals surface area contributed by atoms with Crippen LogP contribution in [-0.4, -0.2) is 20.2 Å². The smallest absolute Gasteiger partial charge is 0.160 e. The first-order valence-corrected chi connectivity index (χ1v) is 7.78. The van der Waals surface area contributed by atoms with Crippen LogP contribution in [0.3, 0.4) is 0 Å². The highest BCUT2D eigenvalue weighted by Crippen LogP contribution is 2.30. The molecule has 0 saturated heterocycles. The molecule has 6 heteroatoms. The van der Waals surface area contributed by atoms with Crippen LogP contribution in [0.25, 0.3) is 21.8 Å². The van der Waals surface area contributed by atoms with E-state index in [9.17, 15) is 10.2 Å². The summed E-state index contributed by atoms with van der Waals surface area (Å²) in [6, 6.07) is 14.0. The summed E-state index contributed by atoms with van der Waals surface area (Å²) in [6.07, 6.45) is 3.25. The summed E-state index contributed by atoms with van der Waals surface area (Å²) in [6.45, 7) is 0.